The summed E-state index contributed by atoms with van der Waals surface area (Å²) in [5.41, 5.74) is 1.43. The van der Waals surface area contributed by atoms with E-state index in [0.29, 0.717) is 32.2 Å². The van der Waals surface area contributed by atoms with Gasteiger partial charge < -0.3 is 14.2 Å². The molecule has 1 saturated heterocycles. The summed E-state index contributed by atoms with van der Waals surface area (Å²) in [6.07, 6.45) is 1.63. The second kappa shape index (κ2) is 9.36. The molecule has 5 rings (SSSR count). The number of nitrogens with zero attached hydrogens (tertiary/aromatic N) is 4. The van der Waals surface area contributed by atoms with Crippen molar-refractivity contribution in [2.45, 2.75) is 0 Å². The van der Waals surface area contributed by atoms with E-state index < -0.39 is 4.92 Å². The van der Waals surface area contributed by atoms with Crippen molar-refractivity contribution in [1.82, 2.24) is 4.90 Å². The molecular formula is C24H19ClN4O4S. The van der Waals surface area contributed by atoms with Crippen LogP contribution in [0.1, 0.15) is 5.76 Å². The first kappa shape index (κ1) is 22.2. The first-order chi connectivity index (χ1) is 16.5. The Balaban J connectivity index is 1.26. The summed E-state index contributed by atoms with van der Waals surface area (Å²) in [5.74, 6) is 0.486. The molecule has 0 atom stereocenters. The molecule has 1 aromatic heterocycles. The molecule has 0 unspecified atom stereocenters. The quantitative estimate of drug-likeness (QED) is 0.276. The Bertz CT molecular complexity index is 1330. The molecule has 10 heteroatoms. The highest BCUT2D eigenvalue weighted by molar-refractivity contribution is 8.18. The molecule has 2 aliphatic heterocycles. The molecule has 2 aromatic carbocycles. The van der Waals surface area contributed by atoms with Crippen LogP contribution in [0, 0.1) is 10.1 Å². The second-order valence-corrected chi connectivity index (χ2v) is 9.19. The number of amidine groups is 1. The lowest BCUT2D eigenvalue weighted by atomic mass is 10.1. The SMILES string of the molecule is O=C1N=C(N2CCN(c3cccc(Cl)c3)CC2)S/C1=C/c1ccc(-c2ccccc2[N+](=O)[O-])o1. The van der Waals surface area contributed by atoms with Crippen LogP contribution < -0.4 is 4.90 Å². The maximum atomic E-state index is 12.5. The first-order valence-corrected chi connectivity index (χ1v) is 11.8. The number of para-hydroxylation sites is 1. The number of anilines is 1. The van der Waals surface area contributed by atoms with E-state index in [4.69, 9.17) is 16.0 Å². The van der Waals surface area contributed by atoms with Gasteiger partial charge in [-0.05, 0) is 48.2 Å². The fourth-order valence-corrected chi connectivity index (χ4v) is 5.04. The van der Waals surface area contributed by atoms with Crippen LogP contribution in [-0.4, -0.2) is 47.1 Å². The lowest BCUT2D eigenvalue weighted by molar-refractivity contribution is -0.384. The van der Waals surface area contributed by atoms with Crippen LogP contribution in [0.15, 0.2) is 75.0 Å². The monoisotopic (exact) mass is 494 g/mol. The van der Waals surface area contributed by atoms with Gasteiger partial charge in [0.15, 0.2) is 5.17 Å². The Morgan fingerprint density at radius 1 is 1.03 bits per heavy atom. The number of carbonyl (C=O) groups excluding carboxylic acids is 1. The van der Waals surface area contributed by atoms with Crippen LogP contribution in [0.25, 0.3) is 17.4 Å². The molecule has 1 fully saturated rings. The zero-order chi connectivity index (χ0) is 23.7. The Morgan fingerprint density at radius 3 is 2.56 bits per heavy atom. The van der Waals surface area contributed by atoms with Gasteiger partial charge in [-0.15, -0.1) is 0 Å². The molecule has 0 saturated carbocycles. The summed E-state index contributed by atoms with van der Waals surface area (Å²) in [6.45, 7) is 3.07. The average Bonchev–Trinajstić information content (AvgIpc) is 3.46. The minimum absolute atomic E-state index is 0.0371. The molecule has 0 aliphatic carbocycles. The van der Waals surface area contributed by atoms with Gasteiger partial charge >= 0.3 is 0 Å². The number of piperazine rings is 1. The van der Waals surface area contributed by atoms with E-state index in [9.17, 15) is 14.9 Å². The van der Waals surface area contributed by atoms with E-state index >= 15 is 0 Å². The highest BCUT2D eigenvalue weighted by Gasteiger charge is 2.29. The van der Waals surface area contributed by atoms with E-state index in [2.05, 4.69) is 14.8 Å². The van der Waals surface area contributed by atoms with Crippen molar-refractivity contribution < 1.29 is 14.1 Å². The van der Waals surface area contributed by atoms with Gasteiger partial charge in [-0.25, -0.2) is 0 Å². The highest BCUT2D eigenvalue weighted by Crippen LogP contribution is 2.34. The van der Waals surface area contributed by atoms with Crippen LogP contribution in [0.4, 0.5) is 11.4 Å². The predicted molar refractivity (Wildman–Crippen MR) is 134 cm³/mol. The largest absolute Gasteiger partial charge is 0.456 e. The Hall–Kier alpha value is -3.56. The third kappa shape index (κ3) is 4.57. The summed E-state index contributed by atoms with van der Waals surface area (Å²) in [7, 11) is 0. The minimum Gasteiger partial charge on any atom is -0.456 e. The fraction of sp³-hybridized carbons (Fsp3) is 0.167. The smallest absolute Gasteiger partial charge is 0.286 e. The molecule has 0 bridgehead atoms. The van der Waals surface area contributed by atoms with Crippen molar-refractivity contribution in [3.05, 3.63) is 86.5 Å². The maximum absolute atomic E-state index is 12.5. The third-order valence-corrected chi connectivity index (χ3v) is 6.88. The van der Waals surface area contributed by atoms with Crippen molar-refractivity contribution in [1.29, 1.82) is 0 Å². The van der Waals surface area contributed by atoms with Crippen molar-refractivity contribution in [2.24, 2.45) is 4.99 Å². The molecule has 0 spiro atoms. The van der Waals surface area contributed by atoms with Crippen molar-refractivity contribution in [2.75, 3.05) is 31.1 Å². The van der Waals surface area contributed by atoms with Gasteiger partial charge in [-0.2, -0.15) is 4.99 Å². The molecule has 8 nitrogen and oxygen atoms in total. The number of amides is 1. The molecule has 0 radical (unpaired) electrons. The Labute approximate surface area is 204 Å². The second-order valence-electron chi connectivity index (χ2n) is 7.74. The molecular weight excluding hydrogens is 476 g/mol. The van der Waals surface area contributed by atoms with Gasteiger partial charge in [0.25, 0.3) is 11.6 Å². The average molecular weight is 495 g/mol. The van der Waals surface area contributed by atoms with E-state index in [-0.39, 0.29) is 11.6 Å². The van der Waals surface area contributed by atoms with E-state index in [1.165, 1.54) is 17.8 Å². The number of carbonyl (C=O) groups is 1. The predicted octanol–water partition coefficient (Wildman–Crippen LogP) is 5.30. The normalized spacial score (nSPS) is 17.4. The third-order valence-electron chi connectivity index (χ3n) is 5.60. The minimum atomic E-state index is -0.446. The number of nitro benzene ring substituents is 1. The zero-order valence-electron chi connectivity index (χ0n) is 17.9. The van der Waals surface area contributed by atoms with Crippen molar-refractivity contribution in [3.63, 3.8) is 0 Å². The van der Waals surface area contributed by atoms with Crippen molar-refractivity contribution in [3.8, 4) is 11.3 Å². The molecule has 2 aliphatic rings. The number of rotatable bonds is 4. The van der Waals surface area contributed by atoms with Gasteiger partial charge in [0.05, 0.1) is 15.4 Å². The number of halogens is 1. The molecule has 3 aromatic rings. The van der Waals surface area contributed by atoms with Gasteiger partial charge in [0.1, 0.15) is 11.5 Å². The first-order valence-electron chi connectivity index (χ1n) is 10.6. The summed E-state index contributed by atoms with van der Waals surface area (Å²) in [5, 5.41) is 12.7. The van der Waals surface area contributed by atoms with Gasteiger partial charge in [-0.3, -0.25) is 14.9 Å². The number of furan rings is 1. The van der Waals surface area contributed by atoms with Crippen LogP contribution in [-0.2, 0) is 4.79 Å². The standard InChI is InChI=1S/C24H19ClN4O4S/c25-16-4-3-5-17(14-16)27-10-12-28(13-11-27)24-26-23(30)22(34-24)15-18-8-9-21(33-18)19-6-1-2-7-20(19)29(31)32/h1-9,14-15H,10-13H2/b22-15+. The number of hydrogen-bond donors (Lipinski definition) is 0. The molecule has 3 heterocycles. The number of benzene rings is 2. The Kier molecular flexibility index (Phi) is 6.12. The molecule has 172 valence electrons. The van der Waals surface area contributed by atoms with E-state index in [1.807, 2.05) is 24.3 Å². The van der Waals surface area contributed by atoms with Crippen molar-refractivity contribution >= 4 is 51.9 Å². The molecule has 34 heavy (non-hydrogen) atoms. The van der Waals surface area contributed by atoms with E-state index in [1.54, 1.807) is 36.4 Å². The van der Waals surface area contributed by atoms with Crippen LogP contribution >= 0.6 is 23.4 Å². The molecule has 0 N–H and O–H groups in total. The highest BCUT2D eigenvalue weighted by atomic mass is 35.5. The topological polar surface area (TPSA) is 92.2 Å². The number of thioether (sulfide) groups is 1. The number of aliphatic imine (C=N–C) groups is 1. The summed E-state index contributed by atoms with van der Waals surface area (Å²) >= 11 is 7.42. The van der Waals surface area contributed by atoms with Crippen LogP contribution in [0.2, 0.25) is 5.02 Å². The summed E-state index contributed by atoms with van der Waals surface area (Å²) < 4.78 is 5.80. The van der Waals surface area contributed by atoms with Crippen LogP contribution in [0.3, 0.4) is 0 Å². The van der Waals surface area contributed by atoms with E-state index in [0.717, 1.165) is 31.9 Å². The summed E-state index contributed by atoms with van der Waals surface area (Å²) in [4.78, 5) is 32.4. The van der Waals surface area contributed by atoms with Gasteiger partial charge in [0.2, 0.25) is 0 Å². The van der Waals surface area contributed by atoms with Gasteiger partial charge in [-0.1, -0.05) is 29.8 Å². The van der Waals surface area contributed by atoms with Crippen LogP contribution in [0.5, 0.6) is 0 Å². The Morgan fingerprint density at radius 2 is 1.79 bits per heavy atom. The maximum Gasteiger partial charge on any atom is 0.286 e. The lowest BCUT2D eigenvalue weighted by Crippen LogP contribution is -2.47. The lowest BCUT2D eigenvalue weighted by Gasteiger charge is -2.36. The number of nitro groups is 1. The molecule has 1 amide bonds. The van der Waals surface area contributed by atoms with Gasteiger partial charge in [0, 0.05) is 49.0 Å². The zero-order valence-corrected chi connectivity index (χ0v) is 19.5. The number of hydrogen-bond acceptors (Lipinski definition) is 7. The fourth-order valence-electron chi connectivity index (χ4n) is 3.91. The summed E-state index contributed by atoms with van der Waals surface area (Å²) in [6, 6.07) is 17.5.